The number of hydrogen-bond donors (Lipinski definition) is 3. The van der Waals surface area contributed by atoms with Gasteiger partial charge in [0.25, 0.3) is 11.5 Å². The number of carbonyl (C=O) groups is 1. The van der Waals surface area contributed by atoms with Gasteiger partial charge in [0.05, 0.1) is 36.1 Å². The van der Waals surface area contributed by atoms with Crippen molar-refractivity contribution in [2.24, 2.45) is 0 Å². The lowest BCUT2D eigenvalue weighted by Gasteiger charge is -2.36. The molecule has 2 atom stereocenters. The van der Waals surface area contributed by atoms with Crippen LogP contribution in [0.2, 0.25) is 0 Å². The number of aliphatic hydroxyl groups is 1. The molecule has 184 valence electrons. The maximum absolute atomic E-state index is 12.5. The minimum Gasteiger partial charge on any atom is -0.497 e. The molecule has 11 heteroatoms. The van der Waals surface area contributed by atoms with Gasteiger partial charge in [-0.05, 0) is 37.2 Å². The number of fused-ring (bicyclic) bond motifs is 2. The highest BCUT2D eigenvalue weighted by Gasteiger charge is 2.27. The molecule has 3 aromatic rings. The number of likely N-dealkylation sites (tertiary alicyclic amines) is 1. The minimum absolute atomic E-state index is 0.00272. The summed E-state index contributed by atoms with van der Waals surface area (Å²) in [6, 6.07) is 9.03. The van der Waals surface area contributed by atoms with Crippen LogP contribution in [0.4, 0.5) is 5.82 Å². The van der Waals surface area contributed by atoms with E-state index in [0.717, 1.165) is 29.7 Å². The van der Waals surface area contributed by atoms with Crippen molar-refractivity contribution < 1.29 is 19.4 Å². The average molecular weight is 481 g/mol. The van der Waals surface area contributed by atoms with Gasteiger partial charge in [-0.15, -0.1) is 0 Å². The number of rotatable bonds is 7. The fourth-order valence-electron chi connectivity index (χ4n) is 4.52. The van der Waals surface area contributed by atoms with Crippen molar-refractivity contribution in [1.82, 2.24) is 24.8 Å². The van der Waals surface area contributed by atoms with Crippen LogP contribution in [0.25, 0.3) is 11.0 Å². The Labute approximate surface area is 201 Å². The number of pyridine rings is 1. The summed E-state index contributed by atoms with van der Waals surface area (Å²) in [5, 5.41) is 16.8. The van der Waals surface area contributed by atoms with Crippen LogP contribution >= 0.6 is 0 Å². The van der Waals surface area contributed by atoms with Gasteiger partial charge in [-0.3, -0.25) is 14.5 Å². The summed E-state index contributed by atoms with van der Waals surface area (Å²) in [6.45, 7) is 2.87. The van der Waals surface area contributed by atoms with Gasteiger partial charge in [0.1, 0.15) is 5.75 Å². The van der Waals surface area contributed by atoms with E-state index in [9.17, 15) is 14.7 Å². The highest BCUT2D eigenvalue weighted by atomic mass is 16.5. The van der Waals surface area contributed by atoms with Crippen LogP contribution in [0, 0.1) is 0 Å². The average Bonchev–Trinajstić information content (AvgIpc) is 2.87. The number of benzene rings is 1. The summed E-state index contributed by atoms with van der Waals surface area (Å²) in [5.74, 6) is 1.43. The number of aromatic nitrogens is 3. The third kappa shape index (κ3) is 5.11. The van der Waals surface area contributed by atoms with Crippen molar-refractivity contribution in [3.8, 4) is 11.5 Å². The Hall–Kier alpha value is -3.54. The van der Waals surface area contributed by atoms with E-state index in [1.807, 2.05) is 24.3 Å². The molecule has 0 spiro atoms. The van der Waals surface area contributed by atoms with E-state index in [-0.39, 0.29) is 24.1 Å². The Kier molecular flexibility index (Phi) is 6.62. The SMILES string of the molecule is COc1ccc2ncc(=O)n(CCN3CC[C@H](NCc4ccc5c(n4)NC(=O)CO5)[C@@H](O)C3)c2c1. The molecule has 3 N–H and O–H groups in total. The quantitative estimate of drug-likeness (QED) is 0.439. The van der Waals surface area contributed by atoms with E-state index in [2.05, 4.69) is 25.5 Å². The maximum atomic E-state index is 12.5. The van der Waals surface area contributed by atoms with Crippen molar-refractivity contribution >= 4 is 22.8 Å². The summed E-state index contributed by atoms with van der Waals surface area (Å²) in [6.07, 6.45) is 1.54. The maximum Gasteiger partial charge on any atom is 0.269 e. The molecule has 0 bridgehead atoms. The lowest BCUT2D eigenvalue weighted by molar-refractivity contribution is -0.118. The van der Waals surface area contributed by atoms with Crippen molar-refractivity contribution in [3.05, 3.63) is 52.6 Å². The smallest absolute Gasteiger partial charge is 0.269 e. The largest absolute Gasteiger partial charge is 0.497 e. The lowest BCUT2D eigenvalue weighted by atomic mass is 10.0. The molecular formula is C24H28N6O5. The molecule has 11 nitrogen and oxygen atoms in total. The van der Waals surface area contributed by atoms with Crippen LogP contribution in [-0.2, 0) is 17.9 Å². The number of nitrogens with zero attached hydrogens (tertiary/aromatic N) is 4. The standard InChI is InChI=1S/C24H28N6O5/c1-34-16-3-4-17-19(10-16)30(23(33)12-26-17)9-8-29-7-6-18(20(31)13-29)25-11-15-2-5-21-24(27-15)28-22(32)14-35-21/h2-5,10,12,18,20,25,31H,6-9,11,13-14H2,1H3,(H,27,28,32)/t18-,20-/m0/s1. The van der Waals surface area contributed by atoms with Gasteiger partial charge in [0, 0.05) is 38.3 Å². The van der Waals surface area contributed by atoms with Gasteiger partial charge in [-0.1, -0.05) is 0 Å². The molecule has 35 heavy (non-hydrogen) atoms. The first-order valence-electron chi connectivity index (χ1n) is 11.6. The molecular weight excluding hydrogens is 452 g/mol. The van der Waals surface area contributed by atoms with Crippen molar-refractivity contribution in [2.75, 3.05) is 38.7 Å². The van der Waals surface area contributed by atoms with E-state index in [1.165, 1.54) is 6.20 Å². The second-order valence-electron chi connectivity index (χ2n) is 8.73. The molecule has 5 rings (SSSR count). The van der Waals surface area contributed by atoms with Gasteiger partial charge >= 0.3 is 0 Å². The number of hydrogen-bond acceptors (Lipinski definition) is 9. The molecule has 4 heterocycles. The molecule has 1 aromatic carbocycles. The van der Waals surface area contributed by atoms with E-state index >= 15 is 0 Å². The first-order chi connectivity index (χ1) is 17.0. The third-order valence-corrected chi connectivity index (χ3v) is 6.44. The number of piperidine rings is 1. The summed E-state index contributed by atoms with van der Waals surface area (Å²) < 4.78 is 12.3. The number of aliphatic hydroxyl groups excluding tert-OH is 1. The zero-order valence-electron chi connectivity index (χ0n) is 19.4. The zero-order chi connectivity index (χ0) is 24.4. The number of carbonyl (C=O) groups excluding carboxylic acids is 1. The number of ether oxygens (including phenoxy) is 2. The van der Waals surface area contributed by atoms with Crippen molar-refractivity contribution in [1.29, 1.82) is 0 Å². The predicted octanol–water partition coefficient (Wildman–Crippen LogP) is 0.356. The van der Waals surface area contributed by atoms with Gasteiger partial charge in [0.15, 0.2) is 18.2 Å². The molecule has 2 aliphatic heterocycles. The van der Waals surface area contributed by atoms with E-state index in [1.54, 1.807) is 17.7 Å². The van der Waals surface area contributed by atoms with Crippen molar-refractivity contribution in [2.45, 2.75) is 31.7 Å². The summed E-state index contributed by atoms with van der Waals surface area (Å²) in [4.78, 5) is 34.8. The van der Waals surface area contributed by atoms with E-state index in [0.29, 0.717) is 43.5 Å². The molecule has 1 amide bonds. The predicted molar refractivity (Wildman–Crippen MR) is 129 cm³/mol. The molecule has 0 aliphatic carbocycles. The fraction of sp³-hybridized carbons (Fsp3) is 0.417. The van der Waals surface area contributed by atoms with E-state index in [4.69, 9.17) is 9.47 Å². The van der Waals surface area contributed by atoms with Crippen LogP contribution in [0.3, 0.4) is 0 Å². The van der Waals surface area contributed by atoms with Crippen molar-refractivity contribution in [3.63, 3.8) is 0 Å². The lowest BCUT2D eigenvalue weighted by Crippen LogP contribution is -2.53. The Morgan fingerprint density at radius 1 is 1.26 bits per heavy atom. The molecule has 2 aliphatic rings. The number of amides is 1. The third-order valence-electron chi connectivity index (χ3n) is 6.44. The van der Waals surface area contributed by atoms with Gasteiger partial charge < -0.3 is 29.8 Å². The monoisotopic (exact) mass is 480 g/mol. The molecule has 1 saturated heterocycles. The Morgan fingerprint density at radius 2 is 2.14 bits per heavy atom. The van der Waals surface area contributed by atoms with Crippen LogP contribution in [0.15, 0.2) is 41.3 Å². The molecule has 2 aromatic heterocycles. The molecule has 0 unspecified atom stereocenters. The fourth-order valence-corrected chi connectivity index (χ4v) is 4.52. The molecule has 1 fully saturated rings. The molecule has 0 radical (unpaired) electrons. The normalized spacial score (nSPS) is 20.2. The van der Waals surface area contributed by atoms with Gasteiger partial charge in [-0.25, -0.2) is 9.97 Å². The Balaban J connectivity index is 1.17. The summed E-state index contributed by atoms with van der Waals surface area (Å²) in [7, 11) is 1.59. The second kappa shape index (κ2) is 9.98. The van der Waals surface area contributed by atoms with Gasteiger partial charge in [-0.2, -0.15) is 0 Å². The minimum atomic E-state index is -0.560. The van der Waals surface area contributed by atoms with Crippen LogP contribution in [-0.4, -0.2) is 75.9 Å². The number of β-amino-alcohol motifs (C(OH)–C–C–N with tert-alkyl or cyclic N) is 1. The van der Waals surface area contributed by atoms with Crippen LogP contribution in [0.5, 0.6) is 11.5 Å². The summed E-state index contributed by atoms with van der Waals surface area (Å²) >= 11 is 0. The zero-order valence-corrected chi connectivity index (χ0v) is 19.4. The molecule has 0 saturated carbocycles. The number of anilines is 1. The van der Waals surface area contributed by atoms with Crippen LogP contribution in [0.1, 0.15) is 12.1 Å². The highest BCUT2D eigenvalue weighted by molar-refractivity contribution is 5.94. The number of methoxy groups -OCH3 is 1. The first kappa shape index (κ1) is 23.2. The first-order valence-corrected chi connectivity index (χ1v) is 11.6. The summed E-state index contributed by atoms with van der Waals surface area (Å²) in [5.41, 5.74) is 2.05. The highest BCUT2D eigenvalue weighted by Crippen LogP contribution is 2.25. The van der Waals surface area contributed by atoms with Crippen LogP contribution < -0.4 is 25.7 Å². The Bertz CT molecular complexity index is 1300. The Morgan fingerprint density at radius 3 is 2.97 bits per heavy atom. The van der Waals surface area contributed by atoms with Gasteiger partial charge in [0.2, 0.25) is 0 Å². The second-order valence-corrected chi connectivity index (χ2v) is 8.73. The van der Waals surface area contributed by atoms with E-state index < -0.39 is 6.10 Å². The topological polar surface area (TPSA) is 131 Å². The number of nitrogens with one attached hydrogen (secondary N) is 2.